The van der Waals surface area contributed by atoms with E-state index in [4.69, 9.17) is 0 Å². The van der Waals surface area contributed by atoms with Gasteiger partial charge in [-0.2, -0.15) is 0 Å². The van der Waals surface area contributed by atoms with Gasteiger partial charge in [0.25, 0.3) is 0 Å². The molecular weight excluding hydrogens is 631 g/mol. The first kappa shape index (κ1) is 34.3. The van der Waals surface area contributed by atoms with Crippen molar-refractivity contribution in [2.45, 2.75) is 71.1 Å². The molecule has 0 atom stereocenters. The van der Waals surface area contributed by atoms with Crippen LogP contribution < -0.4 is 24.8 Å². The molecule has 6 rings (SSSR count). The number of halogens is 2. The van der Waals surface area contributed by atoms with E-state index in [2.05, 4.69) is 151 Å². The van der Waals surface area contributed by atoms with Crippen LogP contribution in [-0.2, 0) is 42.0 Å². The van der Waals surface area contributed by atoms with Crippen LogP contribution in [0.3, 0.4) is 0 Å². The normalized spacial score (nSPS) is 13.9. The molecule has 3 heteroatoms. The predicted octanol–water partition coefficient (Wildman–Crippen LogP) is 4.44. The molecule has 4 aromatic rings. The maximum absolute atomic E-state index is 2.49. The zero-order chi connectivity index (χ0) is 28.5. The number of benzene rings is 4. The minimum atomic E-state index is 0. The van der Waals surface area contributed by atoms with E-state index in [1.807, 2.05) is 0 Å². The summed E-state index contributed by atoms with van der Waals surface area (Å²) < 4.78 is 1.60. The first-order valence-corrected chi connectivity index (χ1v) is 15.7. The number of rotatable bonds is 3. The Balaban J connectivity index is 0.000000273. The molecule has 42 heavy (non-hydrogen) atoms. The molecule has 0 unspecified atom stereocenters. The Morgan fingerprint density at radius 2 is 1.05 bits per heavy atom. The molecule has 0 saturated heterocycles. The molecule has 0 bridgehead atoms. The molecule has 0 heterocycles. The standard InChI is InChI=1S/C26H29.C13H12.2ClH.Zr/c1-25(2,3)18-11-13-20-21-14-12-19(26(4,5)6)16-23(21)24(22(20)15-18)17-9-7-8-10-17;1-3-7-12(8-4-1)11-13-9-5-2-6-10-13;;;/h7,9,11-16,24H,8H2,1-6H3;1-10H,11H2;2*1H;/q;;;;+2/p-2. The molecule has 0 N–H and O–H groups in total. The Bertz CT molecular complexity index is 1450. The summed E-state index contributed by atoms with van der Waals surface area (Å²) in [4.78, 5) is 0. The van der Waals surface area contributed by atoms with Gasteiger partial charge in [0.2, 0.25) is 0 Å². The molecule has 0 aromatic heterocycles. The summed E-state index contributed by atoms with van der Waals surface area (Å²) in [6.07, 6.45) is 6.90. The minimum absolute atomic E-state index is 0. The molecule has 0 radical (unpaired) electrons. The van der Waals surface area contributed by atoms with E-state index in [1.165, 1.54) is 44.5 Å². The van der Waals surface area contributed by atoms with Crippen LogP contribution >= 0.6 is 0 Å². The molecular formula is C39H41Cl2Zr. The van der Waals surface area contributed by atoms with E-state index >= 15 is 0 Å². The Morgan fingerprint density at radius 3 is 1.40 bits per heavy atom. The van der Waals surface area contributed by atoms with E-state index in [9.17, 15) is 0 Å². The van der Waals surface area contributed by atoms with Gasteiger partial charge in [-0.3, -0.25) is 0 Å². The largest absolute Gasteiger partial charge is 1.00 e. The van der Waals surface area contributed by atoms with Crippen LogP contribution in [0.5, 0.6) is 0 Å². The van der Waals surface area contributed by atoms with Crippen molar-refractivity contribution in [3.63, 3.8) is 0 Å². The van der Waals surface area contributed by atoms with E-state index in [-0.39, 0.29) is 35.6 Å². The maximum Gasteiger partial charge on any atom is -0.00258 e. The Hall–Kier alpha value is -2.18. The summed E-state index contributed by atoms with van der Waals surface area (Å²) >= 11 is 1.55. The van der Waals surface area contributed by atoms with Crippen LogP contribution in [0.4, 0.5) is 0 Å². The monoisotopic (exact) mass is 669 g/mol. The Labute approximate surface area is 281 Å². The van der Waals surface area contributed by atoms with Gasteiger partial charge in [-0.05, 0) is 17.5 Å². The van der Waals surface area contributed by atoms with Crippen LogP contribution in [0.15, 0.2) is 118 Å². The van der Waals surface area contributed by atoms with Crippen molar-refractivity contribution in [2.75, 3.05) is 0 Å². The third kappa shape index (κ3) is 7.66. The van der Waals surface area contributed by atoms with Crippen LogP contribution in [0, 0.1) is 0 Å². The summed E-state index contributed by atoms with van der Waals surface area (Å²) in [6, 6.07) is 35.4. The van der Waals surface area contributed by atoms with Crippen molar-refractivity contribution in [3.8, 4) is 11.1 Å². The van der Waals surface area contributed by atoms with Crippen molar-refractivity contribution in [2.24, 2.45) is 0 Å². The first-order valence-electron chi connectivity index (χ1n) is 14.5. The van der Waals surface area contributed by atoms with E-state index in [0.717, 1.165) is 12.8 Å². The van der Waals surface area contributed by atoms with Gasteiger partial charge in [-0.15, -0.1) is 0 Å². The number of hydrogen-bond donors (Lipinski definition) is 0. The second-order valence-corrected chi connectivity index (χ2v) is 14.7. The summed E-state index contributed by atoms with van der Waals surface area (Å²) in [5.74, 6) is 0.396. The number of allylic oxidation sites excluding steroid dienone is 4. The topological polar surface area (TPSA) is 0 Å². The van der Waals surface area contributed by atoms with Crippen molar-refractivity contribution in [3.05, 3.63) is 151 Å². The smallest absolute Gasteiger partial charge is 0.00258 e. The second-order valence-electron chi connectivity index (χ2n) is 13.2. The maximum atomic E-state index is 2.49. The van der Waals surface area contributed by atoms with Crippen LogP contribution in [-0.4, -0.2) is 0 Å². The first-order chi connectivity index (χ1) is 19.0. The quantitative estimate of drug-likeness (QED) is 0.303. The van der Waals surface area contributed by atoms with Crippen LogP contribution in [0.25, 0.3) is 11.1 Å². The van der Waals surface area contributed by atoms with Gasteiger partial charge in [-0.25, -0.2) is 0 Å². The molecule has 0 aliphatic heterocycles. The van der Waals surface area contributed by atoms with Gasteiger partial charge in [0.05, 0.1) is 0 Å². The van der Waals surface area contributed by atoms with E-state index in [1.54, 1.807) is 33.6 Å². The Kier molecular flexibility index (Phi) is 11.5. The van der Waals surface area contributed by atoms with Gasteiger partial charge < -0.3 is 24.8 Å². The summed E-state index contributed by atoms with van der Waals surface area (Å²) in [6.45, 7) is 13.9. The summed E-state index contributed by atoms with van der Waals surface area (Å²) in [7, 11) is 0. The SMILES string of the molecule is CC(C)(C)c1ccc2c(c1)C(C1=[C]([Zr+2])CC=C1)c1cc(C(C)(C)C)ccc1-2.[Cl-].[Cl-].c1ccc(Cc2ccccc2)cc1. The van der Waals surface area contributed by atoms with Crippen LogP contribution in [0.1, 0.15) is 87.3 Å². The average Bonchev–Trinajstić information content (AvgIpc) is 3.48. The van der Waals surface area contributed by atoms with Gasteiger partial charge in [-0.1, -0.05) is 60.7 Å². The molecule has 0 nitrogen and oxygen atoms in total. The van der Waals surface area contributed by atoms with Crippen molar-refractivity contribution < 1.29 is 49.5 Å². The molecule has 0 saturated carbocycles. The van der Waals surface area contributed by atoms with Crippen molar-refractivity contribution in [1.29, 1.82) is 0 Å². The fourth-order valence-electron chi connectivity index (χ4n) is 5.75. The zero-order valence-electron chi connectivity index (χ0n) is 25.6. The van der Waals surface area contributed by atoms with Gasteiger partial charge in [0.15, 0.2) is 0 Å². The minimum Gasteiger partial charge on any atom is -1.00 e. The number of fused-ring (bicyclic) bond motifs is 3. The third-order valence-electron chi connectivity index (χ3n) is 8.12. The number of hydrogen-bond acceptors (Lipinski definition) is 0. The molecule has 0 spiro atoms. The fourth-order valence-corrected chi connectivity index (χ4v) is 6.60. The van der Waals surface area contributed by atoms with Gasteiger partial charge in [0, 0.05) is 0 Å². The average molecular weight is 672 g/mol. The molecule has 0 fully saturated rings. The van der Waals surface area contributed by atoms with Gasteiger partial charge in [0.1, 0.15) is 0 Å². The molecule has 2 aliphatic carbocycles. The molecule has 0 amide bonds. The fraction of sp³-hybridized carbons (Fsp3) is 0.282. The molecule has 2 aliphatic rings. The van der Waals surface area contributed by atoms with Crippen molar-refractivity contribution in [1.82, 2.24) is 0 Å². The van der Waals surface area contributed by atoms with Gasteiger partial charge >= 0.3 is 180 Å². The Morgan fingerprint density at radius 1 is 0.619 bits per heavy atom. The van der Waals surface area contributed by atoms with E-state index in [0.29, 0.717) is 5.92 Å². The summed E-state index contributed by atoms with van der Waals surface area (Å²) in [5.41, 5.74) is 13.4. The van der Waals surface area contributed by atoms with Crippen LogP contribution in [0.2, 0.25) is 0 Å². The summed E-state index contributed by atoms with van der Waals surface area (Å²) in [5, 5.41) is 0. The third-order valence-corrected chi connectivity index (χ3v) is 9.33. The van der Waals surface area contributed by atoms with E-state index < -0.39 is 0 Å². The molecule has 215 valence electrons. The predicted molar refractivity (Wildman–Crippen MR) is 168 cm³/mol. The zero-order valence-corrected chi connectivity index (χ0v) is 29.6. The van der Waals surface area contributed by atoms with Crippen molar-refractivity contribution >= 4 is 0 Å². The molecule has 4 aromatic carbocycles. The second kappa shape index (κ2) is 14.1.